The maximum absolute atomic E-state index is 2.51. The van der Waals surface area contributed by atoms with E-state index in [4.69, 9.17) is 0 Å². The van der Waals surface area contributed by atoms with Crippen LogP contribution >= 0.6 is 0 Å². The molecule has 0 bridgehead atoms. The Balaban J connectivity index is 0.875. The van der Waals surface area contributed by atoms with Gasteiger partial charge in [-0.25, -0.2) is 0 Å². The van der Waals surface area contributed by atoms with Crippen molar-refractivity contribution in [1.29, 1.82) is 0 Å². The van der Waals surface area contributed by atoms with Gasteiger partial charge in [-0.1, -0.05) is 200 Å². The van der Waals surface area contributed by atoms with Gasteiger partial charge in [0.25, 0.3) is 0 Å². The fourth-order valence-corrected chi connectivity index (χ4v) is 13.3. The van der Waals surface area contributed by atoms with Crippen molar-refractivity contribution in [1.82, 2.24) is 0 Å². The molecule has 0 saturated heterocycles. The molecule has 11 aromatic carbocycles. The largest absolute Gasteiger partial charge is 0.310 e. The zero-order valence-corrected chi connectivity index (χ0v) is 38.0. The van der Waals surface area contributed by atoms with Crippen LogP contribution in [0.3, 0.4) is 0 Å². The first-order valence-electron chi connectivity index (χ1n) is 24.4. The van der Waals surface area contributed by atoms with Gasteiger partial charge in [-0.15, -0.1) is 0 Å². The molecule has 4 aliphatic carbocycles. The fourth-order valence-electron chi connectivity index (χ4n) is 13.3. The number of hydrogen-bond acceptors (Lipinski definition) is 1. The van der Waals surface area contributed by atoms with Gasteiger partial charge in [0.2, 0.25) is 0 Å². The lowest BCUT2D eigenvalue weighted by molar-refractivity contribution is 0.564. The minimum absolute atomic E-state index is 0.0493. The van der Waals surface area contributed by atoms with E-state index in [0.717, 1.165) is 29.9 Å². The molecule has 0 unspecified atom stereocenters. The first kappa shape index (κ1) is 38.6. The molecule has 4 aliphatic rings. The molecule has 0 saturated carbocycles. The Morgan fingerprint density at radius 3 is 1.26 bits per heavy atom. The van der Waals surface area contributed by atoms with Gasteiger partial charge in [-0.05, 0) is 172 Å². The topological polar surface area (TPSA) is 3.24 Å². The van der Waals surface area contributed by atoms with Gasteiger partial charge < -0.3 is 4.90 Å². The number of anilines is 3. The fraction of sp³-hybridized carbons (Fsp3) is 0.0588. The second-order valence-corrected chi connectivity index (χ2v) is 19.6. The van der Waals surface area contributed by atoms with Crippen molar-refractivity contribution < 1.29 is 0 Å². The van der Waals surface area contributed by atoms with E-state index >= 15 is 0 Å². The maximum Gasteiger partial charge on any atom is 0.0726 e. The van der Waals surface area contributed by atoms with Crippen LogP contribution < -0.4 is 4.90 Å². The molecule has 0 N–H and O–H groups in total. The minimum Gasteiger partial charge on any atom is -0.310 e. The lowest BCUT2D eigenvalue weighted by Gasteiger charge is -2.32. The summed E-state index contributed by atoms with van der Waals surface area (Å²) in [7, 11) is 0. The summed E-state index contributed by atoms with van der Waals surface area (Å²) in [6, 6.07) is 93.8. The van der Waals surface area contributed by atoms with E-state index in [-0.39, 0.29) is 5.41 Å². The highest BCUT2D eigenvalue weighted by Crippen LogP contribution is 2.63. The highest BCUT2D eigenvalue weighted by molar-refractivity contribution is 5.97. The van der Waals surface area contributed by atoms with Gasteiger partial charge in [-0.3, -0.25) is 0 Å². The van der Waals surface area contributed by atoms with Crippen molar-refractivity contribution in [2.75, 3.05) is 4.90 Å². The van der Waals surface area contributed by atoms with Crippen molar-refractivity contribution in [2.45, 2.75) is 23.7 Å². The second-order valence-electron chi connectivity index (χ2n) is 19.6. The zero-order valence-electron chi connectivity index (χ0n) is 38.0. The molecule has 69 heavy (non-hydrogen) atoms. The highest BCUT2D eigenvalue weighted by atomic mass is 15.1. The predicted molar refractivity (Wildman–Crippen MR) is 286 cm³/mol. The molecular weight excluding hydrogens is 831 g/mol. The number of nitrogens with zero attached hydrogens (tertiary/aromatic N) is 1. The van der Waals surface area contributed by atoms with Crippen LogP contribution in [0.4, 0.5) is 17.1 Å². The summed E-state index contributed by atoms with van der Waals surface area (Å²) in [5.41, 5.74) is 27.0. The Kier molecular flexibility index (Phi) is 8.10. The third-order valence-electron chi connectivity index (χ3n) is 16.3. The second kappa shape index (κ2) is 14.5. The summed E-state index contributed by atoms with van der Waals surface area (Å²) in [5, 5.41) is 2.51. The van der Waals surface area contributed by atoms with Gasteiger partial charge in [-0.2, -0.15) is 0 Å². The van der Waals surface area contributed by atoms with E-state index in [9.17, 15) is 0 Å². The number of rotatable bonds is 5. The molecule has 0 fully saturated rings. The van der Waals surface area contributed by atoms with Gasteiger partial charge in [0.15, 0.2) is 0 Å². The summed E-state index contributed by atoms with van der Waals surface area (Å²) in [6.45, 7) is 0. The number of hydrogen-bond donors (Lipinski definition) is 0. The maximum atomic E-state index is 2.51. The molecule has 0 aromatic heterocycles. The van der Waals surface area contributed by atoms with E-state index in [1.165, 1.54) is 111 Å². The molecule has 1 heteroatoms. The average molecular weight is 876 g/mol. The SMILES string of the molecule is c1ccc2c(c1)CC1(C2)c2ccccc2-c2ccc(-c3ccc(N(c4ccc(-c5ccc6ccccc6c5)cc4)c4ccc5c(c4)C4(c6ccccc6-c6ccccc64)c4ccccc4-5)cc3)cc21. The molecule has 322 valence electrons. The Hall–Kier alpha value is -8.52. The van der Waals surface area contributed by atoms with Crippen molar-refractivity contribution in [3.05, 3.63) is 293 Å². The molecule has 0 heterocycles. The molecule has 15 rings (SSSR count). The van der Waals surface area contributed by atoms with Crippen LogP contribution in [-0.2, 0) is 23.7 Å². The zero-order chi connectivity index (χ0) is 45.3. The molecule has 0 radical (unpaired) electrons. The van der Waals surface area contributed by atoms with Crippen LogP contribution in [0.2, 0.25) is 0 Å². The third-order valence-corrected chi connectivity index (χ3v) is 16.3. The normalized spacial score (nSPS) is 14.5. The first-order chi connectivity index (χ1) is 34.2. The van der Waals surface area contributed by atoms with Gasteiger partial charge >= 0.3 is 0 Å². The number of fused-ring (bicyclic) bond motifs is 17. The standard InChI is InChI=1S/C68H45N/c1-2-14-47-39-48(26-25-44(47)13-1)45-27-32-52(33-28-45)69(54-36-38-60-58-20-8-12-24-64(58)68(66(60)41-54)62-22-10-6-18-56(62)57-19-7-11-23-63(57)68)53-34-29-46(30-35-53)49-31-37-59-55-17-5-9-21-61(55)67(65(59)40-49)42-50-15-3-4-16-51(50)43-67/h1-41H,42-43H2. The van der Waals surface area contributed by atoms with Crippen LogP contribution in [0.1, 0.15) is 44.5 Å². The smallest absolute Gasteiger partial charge is 0.0726 e. The molecule has 0 amide bonds. The summed E-state index contributed by atoms with van der Waals surface area (Å²) < 4.78 is 0. The molecule has 0 aliphatic heterocycles. The molecule has 1 nitrogen and oxygen atoms in total. The highest BCUT2D eigenvalue weighted by Gasteiger charge is 2.52. The Morgan fingerprint density at radius 1 is 0.261 bits per heavy atom. The number of benzene rings is 11. The third kappa shape index (κ3) is 5.42. The lowest BCUT2D eigenvalue weighted by Crippen LogP contribution is -2.26. The van der Waals surface area contributed by atoms with E-state index in [1.807, 2.05) is 0 Å². The van der Waals surface area contributed by atoms with Crippen molar-refractivity contribution in [2.24, 2.45) is 0 Å². The van der Waals surface area contributed by atoms with Crippen molar-refractivity contribution in [3.63, 3.8) is 0 Å². The summed E-state index contributed by atoms with van der Waals surface area (Å²) >= 11 is 0. The summed E-state index contributed by atoms with van der Waals surface area (Å²) in [5.74, 6) is 0. The van der Waals surface area contributed by atoms with Gasteiger partial charge in [0, 0.05) is 22.5 Å². The first-order valence-corrected chi connectivity index (χ1v) is 24.4. The summed E-state index contributed by atoms with van der Waals surface area (Å²) in [4.78, 5) is 2.46. The van der Waals surface area contributed by atoms with E-state index in [1.54, 1.807) is 0 Å². The predicted octanol–water partition coefficient (Wildman–Crippen LogP) is 17.1. The quantitative estimate of drug-likeness (QED) is 0.167. The van der Waals surface area contributed by atoms with Crippen LogP contribution in [0.25, 0.3) is 66.4 Å². The Morgan fingerprint density at radius 2 is 0.667 bits per heavy atom. The van der Waals surface area contributed by atoms with Gasteiger partial charge in [0.1, 0.15) is 0 Å². The Bertz CT molecular complexity index is 3820. The Labute approximate surface area is 403 Å². The van der Waals surface area contributed by atoms with Gasteiger partial charge in [0.05, 0.1) is 5.41 Å². The van der Waals surface area contributed by atoms with Crippen molar-refractivity contribution in [3.8, 4) is 55.6 Å². The van der Waals surface area contributed by atoms with E-state index in [2.05, 4.69) is 254 Å². The lowest BCUT2D eigenvalue weighted by atomic mass is 9.70. The van der Waals surface area contributed by atoms with Crippen LogP contribution in [-0.4, -0.2) is 0 Å². The molecular formula is C68H45N. The van der Waals surface area contributed by atoms with E-state index in [0.29, 0.717) is 0 Å². The van der Waals surface area contributed by atoms with Crippen molar-refractivity contribution >= 4 is 27.8 Å². The van der Waals surface area contributed by atoms with Crippen LogP contribution in [0.15, 0.2) is 249 Å². The molecule has 0 atom stereocenters. The monoisotopic (exact) mass is 875 g/mol. The van der Waals surface area contributed by atoms with Crippen LogP contribution in [0.5, 0.6) is 0 Å². The minimum atomic E-state index is -0.435. The van der Waals surface area contributed by atoms with Crippen LogP contribution in [0, 0.1) is 0 Å². The van der Waals surface area contributed by atoms with E-state index < -0.39 is 5.41 Å². The summed E-state index contributed by atoms with van der Waals surface area (Å²) in [6.07, 6.45) is 2.07. The average Bonchev–Trinajstić information content (AvgIpc) is 4.13. The molecule has 2 spiro atoms. The molecule has 11 aromatic rings.